The minimum atomic E-state index is -0.370. The minimum Gasteiger partial charge on any atom is -0.379 e. The predicted molar refractivity (Wildman–Crippen MR) is 232 cm³/mol. The summed E-state index contributed by atoms with van der Waals surface area (Å²) < 4.78 is 19.6. The molecule has 7 rings (SSSR count). The molecule has 4 heterocycles. The van der Waals surface area contributed by atoms with Crippen LogP contribution in [0, 0.1) is 5.82 Å². The van der Waals surface area contributed by atoms with Gasteiger partial charge in [-0.25, -0.2) is 4.39 Å². The second-order valence-electron chi connectivity index (χ2n) is 16.7. The molecule has 0 spiro atoms. The lowest BCUT2D eigenvalue weighted by atomic mass is 9.91. The van der Waals surface area contributed by atoms with E-state index in [4.69, 9.17) is 9.72 Å². The highest BCUT2D eigenvalue weighted by molar-refractivity contribution is 5.98. The number of carbonyl (C=O) groups excluding carboxylic acids is 2. The Kier molecular flexibility index (Phi) is 13.8. The molecule has 12 heteroatoms. The minimum absolute atomic E-state index is 0.0688. The number of nitrogens with zero attached hydrogens (tertiary/aromatic N) is 5. The molecule has 3 N–H and O–H groups in total. The highest BCUT2D eigenvalue weighted by Crippen LogP contribution is 2.40. The van der Waals surface area contributed by atoms with E-state index in [2.05, 4.69) is 64.6 Å². The lowest BCUT2D eigenvalue weighted by Crippen LogP contribution is -2.60. The van der Waals surface area contributed by atoms with Gasteiger partial charge in [-0.15, -0.1) is 0 Å². The number of piperazine rings is 1. The van der Waals surface area contributed by atoms with Gasteiger partial charge >= 0.3 is 0 Å². The average Bonchev–Trinajstić information content (AvgIpc) is 3.50. The predicted octanol–water partition coefficient (Wildman–Crippen LogP) is 5.61. The zero-order valence-corrected chi connectivity index (χ0v) is 34.7. The number of amides is 2. The molecule has 2 aliphatic rings. The first-order valence-corrected chi connectivity index (χ1v) is 20.7. The number of ether oxygens (including phenoxy) is 1. The summed E-state index contributed by atoms with van der Waals surface area (Å²) in [5.74, 6) is -0.617. The van der Waals surface area contributed by atoms with Gasteiger partial charge in [-0.05, 0) is 78.9 Å². The van der Waals surface area contributed by atoms with E-state index in [1.54, 1.807) is 18.3 Å². The molecule has 2 aromatic heterocycles. The normalized spacial score (nSPS) is 18.2. The summed E-state index contributed by atoms with van der Waals surface area (Å²) >= 11 is 0. The molecule has 1 fully saturated rings. The number of aromatic nitrogens is 2. The Bertz CT molecular complexity index is 2190. The number of benzene rings is 3. The highest BCUT2D eigenvalue weighted by atomic mass is 19.1. The van der Waals surface area contributed by atoms with E-state index >= 15 is 0 Å². The first-order chi connectivity index (χ1) is 28.5. The van der Waals surface area contributed by atoms with Crippen LogP contribution in [0.4, 0.5) is 15.8 Å². The van der Waals surface area contributed by atoms with E-state index in [1.165, 1.54) is 12.1 Å². The number of nitrogens with one attached hydrogen (secondary N) is 3. The van der Waals surface area contributed by atoms with E-state index in [0.29, 0.717) is 45.8 Å². The first-order valence-electron chi connectivity index (χ1n) is 20.7. The van der Waals surface area contributed by atoms with Crippen molar-refractivity contribution in [2.45, 2.75) is 50.6 Å². The van der Waals surface area contributed by atoms with Crippen LogP contribution in [-0.2, 0) is 26.2 Å². The average molecular weight is 801 g/mol. The Balaban J connectivity index is 0.870. The summed E-state index contributed by atoms with van der Waals surface area (Å²) in [6.07, 6.45) is 6.07. The van der Waals surface area contributed by atoms with Crippen molar-refractivity contribution in [3.63, 3.8) is 0 Å². The van der Waals surface area contributed by atoms with Crippen molar-refractivity contribution in [3.05, 3.63) is 132 Å². The maximum Gasteiger partial charge on any atom is 0.241 e. The van der Waals surface area contributed by atoms with E-state index < -0.39 is 0 Å². The summed E-state index contributed by atoms with van der Waals surface area (Å²) in [4.78, 5) is 43.2. The lowest BCUT2D eigenvalue weighted by Gasteiger charge is -2.41. The number of hydrogen-bond acceptors (Lipinski definition) is 9. The topological polar surface area (TPSA) is 115 Å². The second-order valence-corrected chi connectivity index (χ2v) is 16.7. The molecule has 11 nitrogen and oxygen atoms in total. The van der Waals surface area contributed by atoms with Gasteiger partial charge in [0.15, 0.2) is 0 Å². The standard InChI is InChI=1S/C47H57FN8O3/c1-33-29-55(31-44(57)56-32-47(2,3)45-43(56)23-35(25-52-45)22-34-10-13-39(48)14-11-34)41(27-51-33)30-54(4)19-21-59-20-18-50-28-42(36-8-6-5-7-9-36)46(58)53-40-15-12-38-26-49-17-16-37(38)24-40/h5-17,23-26,33,41-42,50-51H,18-22,27-32H2,1-4H3,(H,53,58)/t33-,41-,42-/m1/s1. The van der Waals surface area contributed by atoms with Crippen LogP contribution in [0.3, 0.4) is 0 Å². The van der Waals surface area contributed by atoms with Crippen molar-refractivity contribution in [2.75, 3.05) is 82.8 Å². The second kappa shape index (κ2) is 19.3. The van der Waals surface area contributed by atoms with Crippen LogP contribution in [0.25, 0.3) is 10.8 Å². The van der Waals surface area contributed by atoms with Crippen LogP contribution in [-0.4, -0.2) is 116 Å². The monoisotopic (exact) mass is 800 g/mol. The highest BCUT2D eigenvalue weighted by Gasteiger charge is 2.40. The molecular weight excluding hydrogens is 744 g/mol. The van der Waals surface area contributed by atoms with Gasteiger partial charge in [0.25, 0.3) is 0 Å². The van der Waals surface area contributed by atoms with E-state index in [1.807, 2.05) is 71.9 Å². The summed E-state index contributed by atoms with van der Waals surface area (Å²) in [6.45, 7) is 12.7. The van der Waals surface area contributed by atoms with Gasteiger partial charge in [0.2, 0.25) is 11.8 Å². The van der Waals surface area contributed by atoms with Crippen molar-refractivity contribution in [1.29, 1.82) is 0 Å². The third kappa shape index (κ3) is 10.9. The molecule has 1 saturated heterocycles. The number of anilines is 2. The van der Waals surface area contributed by atoms with Gasteiger partial charge < -0.3 is 30.5 Å². The molecule has 0 unspecified atom stereocenters. The molecule has 5 aromatic rings. The van der Waals surface area contributed by atoms with E-state index in [-0.39, 0.29) is 41.0 Å². The fourth-order valence-corrected chi connectivity index (χ4v) is 8.20. The van der Waals surface area contributed by atoms with Crippen LogP contribution < -0.4 is 20.9 Å². The zero-order valence-electron chi connectivity index (χ0n) is 34.7. The summed E-state index contributed by atoms with van der Waals surface area (Å²) in [5, 5.41) is 12.2. The zero-order chi connectivity index (χ0) is 41.4. The quantitative estimate of drug-likeness (QED) is 0.103. The van der Waals surface area contributed by atoms with Gasteiger partial charge in [0, 0.05) is 93.0 Å². The molecule has 0 aliphatic carbocycles. The van der Waals surface area contributed by atoms with Gasteiger partial charge in [0.05, 0.1) is 37.1 Å². The Morgan fingerprint density at radius 3 is 2.63 bits per heavy atom. The summed E-state index contributed by atoms with van der Waals surface area (Å²) in [5.41, 5.74) is 5.24. The Labute approximate surface area is 347 Å². The Morgan fingerprint density at radius 2 is 1.81 bits per heavy atom. The van der Waals surface area contributed by atoms with Crippen LogP contribution in [0.1, 0.15) is 49.1 Å². The number of halogens is 1. The summed E-state index contributed by atoms with van der Waals surface area (Å²) in [7, 11) is 2.10. The van der Waals surface area contributed by atoms with Gasteiger partial charge in [-0.3, -0.25) is 24.5 Å². The maximum absolute atomic E-state index is 14.1. The van der Waals surface area contributed by atoms with Crippen LogP contribution >= 0.6 is 0 Å². The summed E-state index contributed by atoms with van der Waals surface area (Å²) in [6, 6.07) is 26.7. The number of rotatable bonds is 17. The Morgan fingerprint density at radius 1 is 1.00 bits per heavy atom. The van der Waals surface area contributed by atoms with Crippen LogP contribution in [0.2, 0.25) is 0 Å². The molecule has 0 bridgehead atoms. The molecule has 3 aromatic carbocycles. The van der Waals surface area contributed by atoms with E-state index in [9.17, 15) is 14.0 Å². The van der Waals surface area contributed by atoms with E-state index in [0.717, 1.165) is 70.7 Å². The van der Waals surface area contributed by atoms with Crippen molar-refractivity contribution in [1.82, 2.24) is 30.4 Å². The fourth-order valence-electron chi connectivity index (χ4n) is 8.20. The van der Waals surface area contributed by atoms with Gasteiger partial charge in [0.1, 0.15) is 5.82 Å². The van der Waals surface area contributed by atoms with Gasteiger partial charge in [-0.1, -0.05) is 62.4 Å². The number of likely N-dealkylation sites (N-methyl/N-ethyl adjacent to an activating group) is 1. The van der Waals surface area contributed by atoms with Crippen molar-refractivity contribution in [2.24, 2.45) is 0 Å². The van der Waals surface area contributed by atoms with Gasteiger partial charge in [-0.2, -0.15) is 0 Å². The molecule has 2 amide bonds. The molecule has 3 atom stereocenters. The Hall–Kier alpha value is -5.11. The maximum atomic E-state index is 14.1. The number of pyridine rings is 2. The number of hydrogen-bond donors (Lipinski definition) is 3. The molecule has 0 saturated carbocycles. The van der Waals surface area contributed by atoms with Crippen molar-refractivity contribution < 1.29 is 18.7 Å². The smallest absolute Gasteiger partial charge is 0.241 e. The number of carbonyl (C=O) groups is 2. The SMILES string of the molecule is C[C@@H]1CN(CC(=O)N2CC(C)(C)c3ncc(Cc4ccc(F)cc4)cc32)[C@@H](CN(C)CCOCCNC[C@@H](C(=O)Nc2ccc3cnccc3c2)c2ccccc2)CN1. The largest absolute Gasteiger partial charge is 0.379 e. The van der Waals surface area contributed by atoms with Crippen LogP contribution in [0.5, 0.6) is 0 Å². The molecule has 2 aliphatic heterocycles. The fraction of sp³-hybridized carbons (Fsp3) is 0.404. The molecule has 59 heavy (non-hydrogen) atoms. The number of fused-ring (bicyclic) bond motifs is 2. The van der Waals surface area contributed by atoms with Crippen LogP contribution in [0.15, 0.2) is 104 Å². The van der Waals surface area contributed by atoms with Crippen molar-refractivity contribution in [3.8, 4) is 0 Å². The van der Waals surface area contributed by atoms with Crippen molar-refractivity contribution >= 4 is 34.0 Å². The third-order valence-electron chi connectivity index (χ3n) is 11.4. The third-order valence-corrected chi connectivity index (χ3v) is 11.4. The first kappa shape index (κ1) is 42.0. The molecular formula is C47H57FN8O3. The lowest BCUT2D eigenvalue weighted by molar-refractivity contribution is -0.121. The molecule has 310 valence electrons. The molecule has 0 radical (unpaired) electrons.